The van der Waals surface area contributed by atoms with Gasteiger partial charge in [-0.05, 0) is 49.5 Å². The molecule has 0 saturated carbocycles. The van der Waals surface area contributed by atoms with E-state index in [-0.39, 0.29) is 11.9 Å². The molecule has 0 unspecified atom stereocenters. The Balaban J connectivity index is 1.46. The van der Waals surface area contributed by atoms with E-state index in [0.717, 1.165) is 43.7 Å². The Kier molecular flexibility index (Phi) is 4.40. The van der Waals surface area contributed by atoms with Crippen LogP contribution >= 0.6 is 0 Å². The summed E-state index contributed by atoms with van der Waals surface area (Å²) < 4.78 is 7.21. The van der Waals surface area contributed by atoms with Crippen LogP contribution in [0.15, 0.2) is 53.1 Å². The maximum Gasteiger partial charge on any atom is 0.226 e. The quantitative estimate of drug-likeness (QED) is 0.552. The first-order valence-electron chi connectivity index (χ1n) is 9.81. The van der Waals surface area contributed by atoms with Crippen LogP contribution in [0, 0.1) is 0 Å². The number of benzene rings is 1. The van der Waals surface area contributed by atoms with Crippen LogP contribution in [0.4, 0.5) is 11.9 Å². The zero-order valence-electron chi connectivity index (χ0n) is 16.0. The van der Waals surface area contributed by atoms with E-state index < -0.39 is 0 Å². The van der Waals surface area contributed by atoms with Gasteiger partial charge in [0.1, 0.15) is 5.69 Å². The van der Waals surface area contributed by atoms with Crippen molar-refractivity contribution in [3.63, 3.8) is 0 Å². The predicted octanol–water partition coefficient (Wildman–Crippen LogP) is 2.93. The third-order valence-electron chi connectivity index (χ3n) is 5.56. The third-order valence-corrected chi connectivity index (χ3v) is 5.56. The Labute approximate surface area is 168 Å². The van der Waals surface area contributed by atoms with Gasteiger partial charge in [-0.3, -0.25) is 4.90 Å². The van der Waals surface area contributed by atoms with Gasteiger partial charge in [0.25, 0.3) is 0 Å². The maximum absolute atomic E-state index is 6.06. The lowest BCUT2D eigenvalue weighted by atomic mass is 9.88. The number of furan rings is 1. The normalized spacial score (nSPS) is 15.9. The highest BCUT2D eigenvalue weighted by Gasteiger charge is 2.29. The van der Waals surface area contributed by atoms with Crippen molar-refractivity contribution in [2.45, 2.75) is 25.3 Å². The number of anilines is 2. The number of nitrogens with two attached hydrogens (primary N) is 2. The van der Waals surface area contributed by atoms with Gasteiger partial charge in [-0.1, -0.05) is 30.3 Å². The van der Waals surface area contributed by atoms with Crippen molar-refractivity contribution in [1.29, 1.82) is 0 Å². The van der Waals surface area contributed by atoms with Crippen molar-refractivity contribution in [2.24, 2.45) is 0 Å². The molecule has 0 radical (unpaired) electrons. The van der Waals surface area contributed by atoms with Crippen LogP contribution in [0.3, 0.4) is 0 Å². The van der Waals surface area contributed by atoms with E-state index in [1.54, 1.807) is 10.8 Å². The number of nitrogens with zero attached hydrogens (tertiary/aromatic N) is 5. The van der Waals surface area contributed by atoms with E-state index in [9.17, 15) is 0 Å². The topological polar surface area (TPSA) is 111 Å². The summed E-state index contributed by atoms with van der Waals surface area (Å²) in [5, 5.41) is 4.66. The van der Waals surface area contributed by atoms with Crippen LogP contribution in [0.2, 0.25) is 0 Å². The van der Waals surface area contributed by atoms with E-state index in [4.69, 9.17) is 15.9 Å². The monoisotopic (exact) mass is 389 g/mol. The predicted molar refractivity (Wildman–Crippen MR) is 111 cm³/mol. The van der Waals surface area contributed by atoms with E-state index in [2.05, 4.69) is 50.3 Å². The van der Waals surface area contributed by atoms with Gasteiger partial charge in [-0.25, -0.2) is 0 Å². The van der Waals surface area contributed by atoms with Gasteiger partial charge in [-0.15, -0.1) is 0 Å². The zero-order chi connectivity index (χ0) is 19.8. The molecule has 0 atom stereocenters. The molecular weight excluding hydrogens is 366 g/mol. The molecule has 5 rings (SSSR count). The standard InChI is InChI=1S/C21H23N7O/c22-20-24-19-17(18(16-7-4-12-29-16)26-28(19)21(23)25-20)15-8-10-27(11-9-15)13-14-5-2-1-3-6-14/h1-7,12,15H,8-11,13H2,(H4,22,23,24,25). The van der Waals surface area contributed by atoms with Crippen LogP contribution in [0.25, 0.3) is 17.1 Å². The molecule has 1 aliphatic heterocycles. The molecule has 1 fully saturated rings. The fourth-order valence-electron chi connectivity index (χ4n) is 4.18. The average Bonchev–Trinajstić information content (AvgIpc) is 3.37. The van der Waals surface area contributed by atoms with E-state index in [0.29, 0.717) is 17.3 Å². The van der Waals surface area contributed by atoms with Gasteiger partial charge in [0, 0.05) is 12.1 Å². The number of hydrogen-bond donors (Lipinski definition) is 2. The summed E-state index contributed by atoms with van der Waals surface area (Å²) in [7, 11) is 0. The molecule has 0 amide bonds. The molecule has 8 heteroatoms. The van der Waals surface area contributed by atoms with Gasteiger partial charge in [0.2, 0.25) is 11.9 Å². The summed E-state index contributed by atoms with van der Waals surface area (Å²) >= 11 is 0. The molecular formula is C21H23N7O. The van der Waals surface area contributed by atoms with Crippen molar-refractivity contribution in [3.05, 3.63) is 59.9 Å². The number of piperidine rings is 1. The Morgan fingerprint density at radius 1 is 1.00 bits per heavy atom. The summed E-state index contributed by atoms with van der Waals surface area (Å²) in [5.41, 5.74) is 15.8. The van der Waals surface area contributed by atoms with Crippen molar-refractivity contribution in [2.75, 3.05) is 24.6 Å². The highest BCUT2D eigenvalue weighted by molar-refractivity contribution is 5.70. The van der Waals surface area contributed by atoms with Gasteiger partial charge in [-0.2, -0.15) is 19.6 Å². The van der Waals surface area contributed by atoms with Crippen LogP contribution in [0.1, 0.15) is 29.9 Å². The molecule has 4 aromatic rings. The van der Waals surface area contributed by atoms with Crippen molar-refractivity contribution in [1.82, 2.24) is 24.5 Å². The summed E-state index contributed by atoms with van der Waals surface area (Å²) in [6.45, 7) is 2.98. The molecule has 0 bridgehead atoms. The molecule has 4 N–H and O–H groups in total. The van der Waals surface area contributed by atoms with Gasteiger partial charge < -0.3 is 15.9 Å². The second-order valence-electron chi connectivity index (χ2n) is 7.45. The summed E-state index contributed by atoms with van der Waals surface area (Å²) in [6.07, 6.45) is 3.66. The third kappa shape index (κ3) is 3.31. The summed E-state index contributed by atoms with van der Waals surface area (Å²) in [4.78, 5) is 11.0. The number of hydrogen-bond acceptors (Lipinski definition) is 7. The molecule has 1 aromatic carbocycles. The Hall–Kier alpha value is -3.39. The molecule has 148 valence electrons. The molecule has 1 aliphatic rings. The number of rotatable bonds is 4. The molecule has 4 heterocycles. The molecule has 8 nitrogen and oxygen atoms in total. The molecule has 0 spiro atoms. The number of nitrogen functional groups attached to an aromatic ring is 2. The van der Waals surface area contributed by atoms with Crippen LogP contribution in [-0.2, 0) is 6.54 Å². The molecule has 1 saturated heterocycles. The fraction of sp³-hybridized carbons (Fsp3) is 0.286. The lowest BCUT2D eigenvalue weighted by Crippen LogP contribution is -2.32. The lowest BCUT2D eigenvalue weighted by molar-refractivity contribution is 0.205. The second kappa shape index (κ2) is 7.21. The molecule has 0 aliphatic carbocycles. The van der Waals surface area contributed by atoms with Crippen molar-refractivity contribution >= 4 is 17.5 Å². The zero-order valence-corrected chi connectivity index (χ0v) is 16.0. The van der Waals surface area contributed by atoms with E-state index >= 15 is 0 Å². The van der Waals surface area contributed by atoms with Gasteiger partial charge in [0.05, 0.1) is 6.26 Å². The Bertz CT molecular complexity index is 1110. The first-order valence-corrected chi connectivity index (χ1v) is 9.81. The summed E-state index contributed by atoms with van der Waals surface area (Å²) in [5.74, 6) is 1.39. The van der Waals surface area contributed by atoms with Gasteiger partial charge in [0.15, 0.2) is 11.4 Å². The average molecular weight is 389 g/mol. The second-order valence-corrected chi connectivity index (χ2v) is 7.45. The first-order chi connectivity index (χ1) is 14.2. The van der Waals surface area contributed by atoms with Crippen molar-refractivity contribution < 1.29 is 4.42 Å². The molecule has 3 aromatic heterocycles. The SMILES string of the molecule is Nc1nc(N)n2nc(-c3ccco3)c(C3CCN(Cc4ccccc4)CC3)c2n1. The summed E-state index contributed by atoms with van der Waals surface area (Å²) in [6, 6.07) is 14.3. The number of likely N-dealkylation sites (tertiary alicyclic amines) is 1. The highest BCUT2D eigenvalue weighted by Crippen LogP contribution is 2.38. The van der Waals surface area contributed by atoms with Crippen molar-refractivity contribution in [3.8, 4) is 11.5 Å². The van der Waals surface area contributed by atoms with E-state index in [1.807, 2.05) is 12.1 Å². The number of aromatic nitrogens is 4. The smallest absolute Gasteiger partial charge is 0.226 e. The molecule has 29 heavy (non-hydrogen) atoms. The Morgan fingerprint density at radius 3 is 2.52 bits per heavy atom. The first kappa shape index (κ1) is 17.7. The Morgan fingerprint density at radius 2 is 1.79 bits per heavy atom. The maximum atomic E-state index is 6.06. The minimum absolute atomic E-state index is 0.156. The minimum Gasteiger partial charge on any atom is -0.463 e. The number of fused-ring (bicyclic) bond motifs is 1. The largest absolute Gasteiger partial charge is 0.463 e. The van der Waals surface area contributed by atoms with Crippen LogP contribution < -0.4 is 11.5 Å². The van der Waals surface area contributed by atoms with Crippen LogP contribution in [-0.4, -0.2) is 37.6 Å². The highest BCUT2D eigenvalue weighted by atomic mass is 16.3. The van der Waals surface area contributed by atoms with Gasteiger partial charge >= 0.3 is 0 Å². The van der Waals surface area contributed by atoms with E-state index in [1.165, 1.54) is 5.56 Å². The fourth-order valence-corrected chi connectivity index (χ4v) is 4.18. The minimum atomic E-state index is 0.156. The lowest BCUT2D eigenvalue weighted by Gasteiger charge is -2.32. The van der Waals surface area contributed by atoms with Crippen LogP contribution in [0.5, 0.6) is 0 Å².